The van der Waals surface area contributed by atoms with Crippen molar-refractivity contribution in [2.24, 2.45) is 0 Å². The van der Waals surface area contributed by atoms with Crippen molar-refractivity contribution < 1.29 is 4.79 Å². The van der Waals surface area contributed by atoms with Gasteiger partial charge in [0.1, 0.15) is 0 Å². The molecule has 0 spiro atoms. The Morgan fingerprint density at radius 2 is 1.79 bits per heavy atom. The van der Waals surface area contributed by atoms with Crippen LogP contribution in [0.15, 0.2) is 36.7 Å². The van der Waals surface area contributed by atoms with Crippen LogP contribution in [0.4, 0.5) is 5.69 Å². The number of para-hydroxylation sites is 1. The van der Waals surface area contributed by atoms with Gasteiger partial charge in [-0.1, -0.05) is 23.7 Å². The van der Waals surface area contributed by atoms with E-state index in [1.54, 1.807) is 0 Å². The van der Waals surface area contributed by atoms with Crippen molar-refractivity contribution in [3.63, 3.8) is 0 Å². The Labute approximate surface area is 120 Å². The predicted octanol–water partition coefficient (Wildman–Crippen LogP) is 3.47. The van der Waals surface area contributed by atoms with Gasteiger partial charge < -0.3 is 5.32 Å². The van der Waals surface area contributed by atoms with E-state index in [9.17, 15) is 4.79 Å². The number of nitrogens with one attached hydrogen (secondary N) is 1. The van der Waals surface area contributed by atoms with Crippen LogP contribution in [-0.2, 0) is 0 Å². The maximum atomic E-state index is 11.2. The third-order valence-corrected chi connectivity index (χ3v) is 2.87. The summed E-state index contributed by atoms with van der Waals surface area (Å²) < 4.78 is 0. The third kappa shape index (κ3) is 3.91. The highest BCUT2D eigenvalue weighted by molar-refractivity contribution is 6.31. The Morgan fingerprint density at radius 3 is 2.42 bits per heavy atom. The van der Waals surface area contributed by atoms with Crippen molar-refractivity contribution in [2.75, 3.05) is 11.9 Å². The van der Waals surface area contributed by atoms with Crippen molar-refractivity contribution in [3.8, 4) is 0 Å². The summed E-state index contributed by atoms with van der Waals surface area (Å²) in [5.41, 5.74) is 1.81. The number of carbonyl (C=O) groups is 1. The number of nitrogens with zero attached hydrogens (tertiary/aromatic N) is 2. The second-order valence-corrected chi connectivity index (χ2v) is 4.59. The van der Waals surface area contributed by atoms with Crippen LogP contribution < -0.4 is 5.32 Å². The summed E-state index contributed by atoms with van der Waals surface area (Å²) in [6, 6.07) is 7.63. The van der Waals surface area contributed by atoms with Gasteiger partial charge in [0.2, 0.25) is 5.28 Å². The standard InChI is InChI=1S/C9H9NO.C4H2Cl2N2/c11-9-5-6-10-8-4-2-1-3-7(8)9;5-3-1-7-4(6)8-2-3/h1-4,10H,5-6H2;1-2H. The molecule has 6 heteroatoms. The SMILES string of the molecule is Clc1cnc(Cl)nc1.O=C1CCNc2ccccc21. The maximum absolute atomic E-state index is 11.2. The minimum atomic E-state index is 0.217. The van der Waals surface area contributed by atoms with E-state index in [1.165, 1.54) is 12.4 Å². The summed E-state index contributed by atoms with van der Waals surface area (Å²) in [4.78, 5) is 18.4. The molecule has 0 saturated carbocycles. The number of anilines is 1. The van der Waals surface area contributed by atoms with E-state index in [0.717, 1.165) is 17.8 Å². The molecule has 0 amide bonds. The zero-order chi connectivity index (χ0) is 13.7. The number of benzene rings is 1. The third-order valence-electron chi connectivity index (χ3n) is 2.48. The highest BCUT2D eigenvalue weighted by Gasteiger charge is 2.14. The maximum Gasteiger partial charge on any atom is 0.222 e. The summed E-state index contributed by atoms with van der Waals surface area (Å²) in [7, 11) is 0. The predicted molar refractivity (Wildman–Crippen MR) is 75.9 cm³/mol. The summed E-state index contributed by atoms with van der Waals surface area (Å²) in [5.74, 6) is 0.249. The van der Waals surface area contributed by atoms with Crippen LogP contribution in [0.1, 0.15) is 16.8 Å². The van der Waals surface area contributed by atoms with Crippen LogP contribution >= 0.6 is 23.2 Å². The second kappa shape index (κ2) is 6.50. The molecule has 0 atom stereocenters. The lowest BCUT2D eigenvalue weighted by Crippen LogP contribution is -2.17. The fourth-order valence-electron chi connectivity index (χ4n) is 1.62. The zero-order valence-corrected chi connectivity index (χ0v) is 11.4. The first-order chi connectivity index (χ1) is 9.16. The number of halogens is 2. The normalized spacial score (nSPS) is 12.8. The molecule has 0 fully saturated rings. The lowest BCUT2D eigenvalue weighted by Gasteiger charge is -2.15. The molecule has 1 aliphatic heterocycles. The van der Waals surface area contributed by atoms with E-state index >= 15 is 0 Å². The average Bonchev–Trinajstić information content (AvgIpc) is 2.44. The summed E-state index contributed by atoms with van der Waals surface area (Å²) in [6.07, 6.45) is 3.50. The molecular weight excluding hydrogens is 285 g/mol. The molecule has 1 N–H and O–H groups in total. The number of aromatic nitrogens is 2. The first-order valence-electron chi connectivity index (χ1n) is 5.66. The minimum Gasteiger partial charge on any atom is -0.384 e. The van der Waals surface area contributed by atoms with Crippen molar-refractivity contribution >= 4 is 34.7 Å². The smallest absolute Gasteiger partial charge is 0.222 e. The first kappa shape index (κ1) is 13.8. The van der Waals surface area contributed by atoms with Gasteiger partial charge in [0, 0.05) is 24.2 Å². The fourth-order valence-corrected chi connectivity index (χ4v) is 1.82. The number of Topliss-reactive ketones (excluding diaryl/α,β-unsaturated/α-hetero) is 1. The Hall–Kier alpha value is -1.65. The summed E-state index contributed by atoms with van der Waals surface area (Å²) >= 11 is 10.8. The molecule has 98 valence electrons. The van der Waals surface area contributed by atoms with Gasteiger partial charge in [-0.3, -0.25) is 4.79 Å². The van der Waals surface area contributed by atoms with E-state index in [2.05, 4.69) is 15.3 Å². The van der Waals surface area contributed by atoms with Gasteiger partial charge in [0.05, 0.1) is 17.4 Å². The number of ketones is 1. The van der Waals surface area contributed by atoms with Gasteiger partial charge in [-0.05, 0) is 23.7 Å². The highest BCUT2D eigenvalue weighted by Crippen LogP contribution is 2.20. The molecule has 1 aliphatic rings. The molecule has 2 heterocycles. The fraction of sp³-hybridized carbons (Fsp3) is 0.154. The lowest BCUT2D eigenvalue weighted by atomic mass is 10.0. The molecule has 2 aromatic rings. The van der Waals surface area contributed by atoms with Crippen molar-refractivity contribution in [2.45, 2.75) is 6.42 Å². The van der Waals surface area contributed by atoms with E-state index < -0.39 is 0 Å². The van der Waals surface area contributed by atoms with Crippen LogP contribution in [0.2, 0.25) is 10.3 Å². The molecule has 0 aliphatic carbocycles. The quantitative estimate of drug-likeness (QED) is 0.756. The molecule has 3 rings (SSSR count). The number of carbonyl (C=O) groups excluding carboxylic acids is 1. The van der Waals surface area contributed by atoms with E-state index in [4.69, 9.17) is 23.2 Å². The van der Waals surface area contributed by atoms with Gasteiger partial charge in [0.25, 0.3) is 0 Å². The molecular formula is C13H11Cl2N3O. The Balaban J connectivity index is 0.000000148. The molecule has 0 saturated heterocycles. The molecule has 4 nitrogen and oxygen atoms in total. The number of fused-ring (bicyclic) bond motifs is 1. The minimum absolute atomic E-state index is 0.217. The van der Waals surface area contributed by atoms with Crippen molar-refractivity contribution in [3.05, 3.63) is 52.5 Å². The molecule has 0 radical (unpaired) electrons. The average molecular weight is 296 g/mol. The molecule has 0 bridgehead atoms. The van der Waals surface area contributed by atoms with Crippen molar-refractivity contribution in [1.82, 2.24) is 9.97 Å². The van der Waals surface area contributed by atoms with Gasteiger partial charge in [0.15, 0.2) is 5.78 Å². The zero-order valence-electron chi connectivity index (χ0n) is 9.94. The molecule has 1 aromatic heterocycles. The Bertz CT molecular complexity index is 551. The molecule has 1 aromatic carbocycles. The largest absolute Gasteiger partial charge is 0.384 e. The van der Waals surface area contributed by atoms with Gasteiger partial charge in [-0.2, -0.15) is 0 Å². The Morgan fingerprint density at radius 1 is 1.11 bits per heavy atom. The van der Waals surface area contributed by atoms with E-state index in [-0.39, 0.29) is 11.1 Å². The van der Waals surface area contributed by atoms with E-state index in [0.29, 0.717) is 11.4 Å². The van der Waals surface area contributed by atoms with Crippen LogP contribution in [-0.4, -0.2) is 22.3 Å². The number of rotatable bonds is 0. The van der Waals surface area contributed by atoms with Crippen LogP contribution in [0.5, 0.6) is 0 Å². The summed E-state index contributed by atoms with van der Waals surface area (Å²) in [5, 5.41) is 3.88. The van der Waals surface area contributed by atoms with Crippen molar-refractivity contribution in [1.29, 1.82) is 0 Å². The first-order valence-corrected chi connectivity index (χ1v) is 6.41. The monoisotopic (exact) mass is 295 g/mol. The topological polar surface area (TPSA) is 54.9 Å². The lowest BCUT2D eigenvalue weighted by molar-refractivity contribution is 0.0984. The van der Waals surface area contributed by atoms with Crippen LogP contribution in [0, 0.1) is 0 Å². The highest BCUT2D eigenvalue weighted by atomic mass is 35.5. The van der Waals surface area contributed by atoms with Gasteiger partial charge in [-0.25, -0.2) is 9.97 Å². The molecule has 0 unspecified atom stereocenters. The van der Waals surface area contributed by atoms with Crippen LogP contribution in [0.25, 0.3) is 0 Å². The Kier molecular flexibility index (Phi) is 4.71. The number of hydrogen-bond donors (Lipinski definition) is 1. The van der Waals surface area contributed by atoms with Gasteiger partial charge in [-0.15, -0.1) is 0 Å². The second-order valence-electron chi connectivity index (χ2n) is 3.82. The number of hydrogen-bond acceptors (Lipinski definition) is 4. The van der Waals surface area contributed by atoms with Gasteiger partial charge >= 0.3 is 0 Å². The van der Waals surface area contributed by atoms with Crippen LogP contribution in [0.3, 0.4) is 0 Å². The molecule has 19 heavy (non-hydrogen) atoms. The summed E-state index contributed by atoms with van der Waals surface area (Å²) in [6.45, 7) is 0.774. The van der Waals surface area contributed by atoms with E-state index in [1.807, 2.05) is 24.3 Å².